The predicted molar refractivity (Wildman–Crippen MR) is 96.8 cm³/mol. The van der Waals surface area contributed by atoms with Gasteiger partial charge in [0, 0.05) is 11.8 Å². The summed E-state index contributed by atoms with van der Waals surface area (Å²) in [4.78, 5) is 12.0. The van der Waals surface area contributed by atoms with Gasteiger partial charge in [-0.1, -0.05) is 38.5 Å². The van der Waals surface area contributed by atoms with E-state index >= 15 is 0 Å². The molecule has 0 radical (unpaired) electrons. The molecule has 0 heterocycles. The second-order valence-corrected chi connectivity index (χ2v) is 5.56. The molecule has 0 aromatic heterocycles. The van der Waals surface area contributed by atoms with E-state index in [2.05, 4.69) is 19.2 Å². The SMILES string of the molecule is CCCCOc1cccc(OCC(=O)Nc2ccc(CC)cc2)c1. The van der Waals surface area contributed by atoms with Gasteiger partial charge < -0.3 is 14.8 Å². The molecule has 0 fully saturated rings. The van der Waals surface area contributed by atoms with Crippen LogP contribution in [0.4, 0.5) is 5.69 Å². The van der Waals surface area contributed by atoms with Gasteiger partial charge in [-0.05, 0) is 42.7 Å². The molecule has 0 saturated heterocycles. The lowest BCUT2D eigenvalue weighted by molar-refractivity contribution is -0.118. The number of carbonyl (C=O) groups excluding carboxylic acids is 1. The van der Waals surface area contributed by atoms with E-state index in [9.17, 15) is 4.79 Å². The Morgan fingerprint density at radius 1 is 1.00 bits per heavy atom. The Morgan fingerprint density at radius 3 is 2.38 bits per heavy atom. The number of rotatable bonds is 9. The van der Waals surface area contributed by atoms with Gasteiger partial charge in [0.25, 0.3) is 5.91 Å². The second kappa shape index (κ2) is 9.60. The van der Waals surface area contributed by atoms with Crippen LogP contribution in [-0.4, -0.2) is 19.1 Å². The summed E-state index contributed by atoms with van der Waals surface area (Å²) in [5, 5.41) is 2.82. The predicted octanol–water partition coefficient (Wildman–Crippen LogP) is 4.45. The number of benzene rings is 2. The number of amides is 1. The van der Waals surface area contributed by atoms with E-state index in [0.29, 0.717) is 12.4 Å². The lowest BCUT2D eigenvalue weighted by Gasteiger charge is -2.10. The van der Waals surface area contributed by atoms with E-state index in [4.69, 9.17) is 9.47 Å². The summed E-state index contributed by atoms with van der Waals surface area (Å²) >= 11 is 0. The maximum atomic E-state index is 12.0. The minimum atomic E-state index is -0.184. The van der Waals surface area contributed by atoms with Crippen molar-refractivity contribution in [2.24, 2.45) is 0 Å². The van der Waals surface area contributed by atoms with Crippen LogP contribution in [0, 0.1) is 0 Å². The molecule has 0 saturated carbocycles. The van der Waals surface area contributed by atoms with Gasteiger partial charge in [0.2, 0.25) is 0 Å². The van der Waals surface area contributed by atoms with Crippen LogP contribution in [-0.2, 0) is 11.2 Å². The smallest absolute Gasteiger partial charge is 0.262 e. The van der Waals surface area contributed by atoms with Crippen molar-refractivity contribution in [2.75, 3.05) is 18.5 Å². The van der Waals surface area contributed by atoms with Gasteiger partial charge in [0.05, 0.1) is 6.61 Å². The molecule has 1 N–H and O–H groups in total. The topological polar surface area (TPSA) is 47.6 Å². The van der Waals surface area contributed by atoms with Gasteiger partial charge in [0.15, 0.2) is 6.61 Å². The van der Waals surface area contributed by atoms with Gasteiger partial charge in [-0.2, -0.15) is 0 Å². The number of unbranched alkanes of at least 4 members (excludes halogenated alkanes) is 1. The van der Waals surface area contributed by atoms with Crippen LogP contribution < -0.4 is 14.8 Å². The monoisotopic (exact) mass is 327 g/mol. The Bertz CT molecular complexity index is 638. The van der Waals surface area contributed by atoms with Crippen LogP contribution >= 0.6 is 0 Å². The maximum Gasteiger partial charge on any atom is 0.262 e. The van der Waals surface area contributed by atoms with Crippen molar-refractivity contribution in [1.82, 2.24) is 0 Å². The van der Waals surface area contributed by atoms with Crippen LogP contribution in [0.2, 0.25) is 0 Å². The Kier molecular flexibility index (Phi) is 7.15. The van der Waals surface area contributed by atoms with E-state index in [1.807, 2.05) is 42.5 Å². The molecule has 0 unspecified atom stereocenters. The number of nitrogens with one attached hydrogen (secondary N) is 1. The van der Waals surface area contributed by atoms with Gasteiger partial charge in [0.1, 0.15) is 11.5 Å². The number of carbonyl (C=O) groups is 1. The van der Waals surface area contributed by atoms with Crippen molar-refractivity contribution in [1.29, 1.82) is 0 Å². The average Bonchev–Trinajstić information content (AvgIpc) is 2.61. The second-order valence-electron chi connectivity index (χ2n) is 5.56. The fourth-order valence-electron chi connectivity index (χ4n) is 2.16. The first-order chi connectivity index (χ1) is 11.7. The lowest BCUT2D eigenvalue weighted by Crippen LogP contribution is -2.20. The highest BCUT2D eigenvalue weighted by Crippen LogP contribution is 2.19. The van der Waals surface area contributed by atoms with Crippen LogP contribution in [0.15, 0.2) is 48.5 Å². The third-order valence-corrected chi connectivity index (χ3v) is 3.59. The molecule has 1 amide bonds. The molecule has 24 heavy (non-hydrogen) atoms. The van der Waals surface area contributed by atoms with Crippen molar-refractivity contribution in [3.8, 4) is 11.5 Å². The first kappa shape index (κ1) is 17.9. The molecule has 4 heteroatoms. The molecule has 2 rings (SSSR count). The molecule has 128 valence electrons. The van der Waals surface area contributed by atoms with Crippen molar-refractivity contribution >= 4 is 11.6 Å². The van der Waals surface area contributed by atoms with Crippen LogP contribution in [0.3, 0.4) is 0 Å². The molecule has 0 bridgehead atoms. The molecule has 4 nitrogen and oxygen atoms in total. The van der Waals surface area contributed by atoms with Crippen LogP contribution in [0.1, 0.15) is 32.3 Å². The maximum absolute atomic E-state index is 12.0. The van der Waals surface area contributed by atoms with E-state index in [1.165, 1.54) is 5.56 Å². The molecule has 0 aliphatic heterocycles. The van der Waals surface area contributed by atoms with E-state index in [1.54, 1.807) is 6.07 Å². The number of anilines is 1. The van der Waals surface area contributed by atoms with Crippen LogP contribution in [0.25, 0.3) is 0 Å². The number of hydrogen-bond donors (Lipinski definition) is 1. The molecule has 2 aromatic rings. The van der Waals surface area contributed by atoms with Crippen molar-refractivity contribution in [3.05, 3.63) is 54.1 Å². The summed E-state index contributed by atoms with van der Waals surface area (Å²) in [6.45, 7) is 4.88. The summed E-state index contributed by atoms with van der Waals surface area (Å²) in [5.74, 6) is 1.20. The van der Waals surface area contributed by atoms with Crippen molar-refractivity contribution < 1.29 is 14.3 Å². The summed E-state index contributed by atoms with van der Waals surface area (Å²) in [6.07, 6.45) is 3.09. The van der Waals surface area contributed by atoms with Crippen molar-refractivity contribution in [3.63, 3.8) is 0 Å². The summed E-state index contributed by atoms with van der Waals surface area (Å²) < 4.78 is 11.2. The standard InChI is InChI=1S/C20H25NO3/c1-3-5-13-23-18-7-6-8-19(14-18)24-15-20(22)21-17-11-9-16(4-2)10-12-17/h6-12,14H,3-5,13,15H2,1-2H3,(H,21,22). The number of hydrogen-bond acceptors (Lipinski definition) is 3. The van der Waals surface area contributed by atoms with E-state index in [-0.39, 0.29) is 12.5 Å². The third-order valence-electron chi connectivity index (χ3n) is 3.59. The molecule has 0 aliphatic rings. The molecular weight excluding hydrogens is 302 g/mol. The molecule has 0 atom stereocenters. The van der Waals surface area contributed by atoms with E-state index in [0.717, 1.165) is 30.7 Å². The average molecular weight is 327 g/mol. The molecule has 0 spiro atoms. The number of aryl methyl sites for hydroxylation is 1. The molecular formula is C20H25NO3. The van der Waals surface area contributed by atoms with Gasteiger partial charge in [-0.3, -0.25) is 4.79 Å². The minimum absolute atomic E-state index is 0.0338. The van der Waals surface area contributed by atoms with E-state index < -0.39 is 0 Å². The highest BCUT2D eigenvalue weighted by molar-refractivity contribution is 5.91. The fourth-order valence-corrected chi connectivity index (χ4v) is 2.16. The Morgan fingerprint density at radius 2 is 1.71 bits per heavy atom. The Hall–Kier alpha value is -2.49. The largest absolute Gasteiger partial charge is 0.493 e. The minimum Gasteiger partial charge on any atom is -0.493 e. The quantitative estimate of drug-likeness (QED) is 0.692. The highest BCUT2D eigenvalue weighted by atomic mass is 16.5. The van der Waals surface area contributed by atoms with Gasteiger partial charge >= 0.3 is 0 Å². The first-order valence-electron chi connectivity index (χ1n) is 8.45. The zero-order valence-corrected chi connectivity index (χ0v) is 14.4. The third kappa shape index (κ3) is 5.95. The highest BCUT2D eigenvalue weighted by Gasteiger charge is 2.05. The zero-order valence-electron chi connectivity index (χ0n) is 14.4. The lowest BCUT2D eigenvalue weighted by atomic mass is 10.1. The first-order valence-corrected chi connectivity index (χ1v) is 8.45. The van der Waals surface area contributed by atoms with Gasteiger partial charge in [-0.25, -0.2) is 0 Å². The Labute approximate surface area is 143 Å². The Balaban J connectivity index is 1.81. The van der Waals surface area contributed by atoms with Crippen LogP contribution in [0.5, 0.6) is 11.5 Å². The van der Waals surface area contributed by atoms with Gasteiger partial charge in [-0.15, -0.1) is 0 Å². The molecule has 0 aliphatic carbocycles. The summed E-state index contributed by atoms with van der Waals surface area (Å²) in [5.41, 5.74) is 2.02. The summed E-state index contributed by atoms with van der Waals surface area (Å²) in [6, 6.07) is 15.2. The van der Waals surface area contributed by atoms with Crippen molar-refractivity contribution in [2.45, 2.75) is 33.1 Å². The normalized spacial score (nSPS) is 10.2. The number of ether oxygens (including phenoxy) is 2. The zero-order chi connectivity index (χ0) is 17.2. The fraction of sp³-hybridized carbons (Fsp3) is 0.350. The summed E-state index contributed by atoms with van der Waals surface area (Å²) in [7, 11) is 0. The molecule has 2 aromatic carbocycles.